The van der Waals surface area contributed by atoms with Crippen molar-refractivity contribution in [2.75, 3.05) is 0 Å². The molecule has 56 valence electrons. The number of halogens is 1. The molecule has 0 aromatic carbocycles. The summed E-state index contributed by atoms with van der Waals surface area (Å²) < 4.78 is 12.8. The molecule has 3 saturated carbocycles. The molecular weight excluding hydrogens is 135 g/mol. The van der Waals surface area contributed by atoms with E-state index in [1.807, 2.05) is 0 Å². The van der Waals surface area contributed by atoms with Crippen LogP contribution in [0.15, 0.2) is 0 Å². The summed E-state index contributed by atoms with van der Waals surface area (Å²) in [6, 6.07) is 0. The number of carboxylic acid groups (broad SMARTS) is 1. The first-order chi connectivity index (χ1) is 4.54. The van der Waals surface area contributed by atoms with Gasteiger partial charge in [0, 0.05) is 0 Å². The lowest BCUT2D eigenvalue weighted by molar-refractivity contribution is -0.219. The number of rotatable bonds is 2. The Morgan fingerprint density at radius 3 is 2.30 bits per heavy atom. The van der Waals surface area contributed by atoms with Gasteiger partial charge in [-0.05, 0) is 24.7 Å². The van der Waals surface area contributed by atoms with Gasteiger partial charge < -0.3 is 5.11 Å². The van der Waals surface area contributed by atoms with Gasteiger partial charge in [0.05, 0.1) is 6.42 Å². The van der Waals surface area contributed by atoms with Crippen LogP contribution in [-0.4, -0.2) is 16.7 Å². The highest BCUT2D eigenvalue weighted by atomic mass is 19.1. The van der Waals surface area contributed by atoms with Gasteiger partial charge in [0.1, 0.15) is 5.67 Å². The first-order valence-corrected chi connectivity index (χ1v) is 3.45. The van der Waals surface area contributed by atoms with E-state index in [9.17, 15) is 9.18 Å². The Morgan fingerprint density at radius 2 is 2.00 bits per heavy atom. The van der Waals surface area contributed by atoms with Gasteiger partial charge in [-0.1, -0.05) is 0 Å². The van der Waals surface area contributed by atoms with Crippen molar-refractivity contribution in [3.8, 4) is 0 Å². The first-order valence-electron chi connectivity index (χ1n) is 3.45. The quantitative estimate of drug-likeness (QED) is 0.635. The number of alkyl halides is 1. The van der Waals surface area contributed by atoms with Gasteiger partial charge >= 0.3 is 5.97 Å². The van der Waals surface area contributed by atoms with Crippen LogP contribution in [0.3, 0.4) is 0 Å². The van der Waals surface area contributed by atoms with Gasteiger partial charge in [0.25, 0.3) is 0 Å². The van der Waals surface area contributed by atoms with Gasteiger partial charge in [-0.25, -0.2) is 4.39 Å². The lowest BCUT2D eigenvalue weighted by atomic mass is 9.41. The summed E-state index contributed by atoms with van der Waals surface area (Å²) in [6.45, 7) is 0. The van der Waals surface area contributed by atoms with Gasteiger partial charge in [-0.2, -0.15) is 0 Å². The summed E-state index contributed by atoms with van der Waals surface area (Å²) in [5.74, 6) is -0.790. The summed E-state index contributed by atoms with van der Waals surface area (Å²) in [6.07, 6.45) is 1.64. The van der Waals surface area contributed by atoms with Crippen LogP contribution in [0.1, 0.15) is 25.7 Å². The van der Waals surface area contributed by atoms with Crippen LogP contribution < -0.4 is 0 Å². The minimum Gasteiger partial charge on any atom is -0.481 e. The predicted molar refractivity (Wildman–Crippen MR) is 32.4 cm³/mol. The second-order valence-corrected chi connectivity index (χ2v) is 3.75. The van der Waals surface area contributed by atoms with Crippen molar-refractivity contribution < 1.29 is 14.3 Å². The zero-order valence-electron chi connectivity index (χ0n) is 5.56. The van der Waals surface area contributed by atoms with Gasteiger partial charge in [0.2, 0.25) is 0 Å². The molecule has 0 radical (unpaired) electrons. The van der Waals surface area contributed by atoms with Crippen LogP contribution in [0.2, 0.25) is 0 Å². The van der Waals surface area contributed by atoms with Crippen molar-refractivity contribution >= 4 is 5.97 Å². The highest BCUT2D eigenvalue weighted by Gasteiger charge is 2.69. The first kappa shape index (κ1) is 6.13. The molecule has 3 heteroatoms. The molecule has 2 bridgehead atoms. The van der Waals surface area contributed by atoms with E-state index in [1.165, 1.54) is 0 Å². The van der Waals surface area contributed by atoms with Crippen LogP contribution in [0, 0.1) is 5.41 Å². The van der Waals surface area contributed by atoms with Crippen molar-refractivity contribution in [3.05, 3.63) is 0 Å². The fourth-order valence-corrected chi connectivity index (χ4v) is 2.37. The Kier molecular flexibility index (Phi) is 0.833. The number of aliphatic carboxylic acids is 1. The normalized spacial score (nSPS) is 49.3. The van der Waals surface area contributed by atoms with Crippen molar-refractivity contribution in [2.45, 2.75) is 31.4 Å². The number of carbonyl (C=O) groups is 1. The molecule has 0 unspecified atom stereocenters. The average molecular weight is 144 g/mol. The number of carboxylic acids is 1. The molecule has 0 saturated heterocycles. The zero-order chi connectivity index (χ0) is 7.41. The monoisotopic (exact) mass is 144 g/mol. The van der Waals surface area contributed by atoms with E-state index < -0.39 is 11.6 Å². The lowest BCUT2D eigenvalue weighted by Crippen LogP contribution is -2.64. The molecule has 0 aliphatic heterocycles. The fourth-order valence-electron chi connectivity index (χ4n) is 2.37. The van der Waals surface area contributed by atoms with E-state index in [4.69, 9.17) is 5.11 Å². The van der Waals surface area contributed by atoms with E-state index in [0.29, 0.717) is 19.3 Å². The highest BCUT2D eigenvalue weighted by molar-refractivity contribution is 5.68. The summed E-state index contributed by atoms with van der Waals surface area (Å²) in [4.78, 5) is 10.2. The fraction of sp³-hybridized carbons (Fsp3) is 0.857. The second kappa shape index (κ2) is 1.36. The number of hydrogen-bond donors (Lipinski definition) is 1. The van der Waals surface area contributed by atoms with Gasteiger partial charge in [-0.15, -0.1) is 0 Å². The Hall–Kier alpha value is -0.600. The van der Waals surface area contributed by atoms with Crippen molar-refractivity contribution in [2.24, 2.45) is 5.41 Å². The maximum Gasteiger partial charge on any atom is 0.303 e. The molecule has 0 heterocycles. The molecule has 3 aliphatic rings. The molecule has 0 aromatic rings. The lowest BCUT2D eigenvalue weighted by Gasteiger charge is -2.65. The Balaban J connectivity index is 1.93. The van der Waals surface area contributed by atoms with Crippen LogP contribution in [0.25, 0.3) is 0 Å². The Bertz CT molecular complexity index is 180. The van der Waals surface area contributed by atoms with Crippen LogP contribution in [-0.2, 0) is 4.79 Å². The largest absolute Gasteiger partial charge is 0.481 e. The second-order valence-electron chi connectivity index (χ2n) is 3.75. The highest BCUT2D eigenvalue weighted by Crippen LogP contribution is 2.70. The van der Waals surface area contributed by atoms with Crippen LogP contribution in [0.4, 0.5) is 4.39 Å². The molecule has 10 heavy (non-hydrogen) atoms. The van der Waals surface area contributed by atoms with E-state index in [0.717, 1.165) is 0 Å². The summed E-state index contributed by atoms with van der Waals surface area (Å²) in [7, 11) is 0. The number of hydrogen-bond acceptors (Lipinski definition) is 1. The van der Waals surface area contributed by atoms with Crippen LogP contribution >= 0.6 is 0 Å². The smallest absolute Gasteiger partial charge is 0.303 e. The van der Waals surface area contributed by atoms with E-state index in [2.05, 4.69) is 0 Å². The minimum atomic E-state index is -0.949. The molecular formula is C7H9FO2. The molecule has 3 fully saturated rings. The minimum absolute atomic E-state index is 0.124. The summed E-state index contributed by atoms with van der Waals surface area (Å²) in [5.41, 5.74) is -1.07. The van der Waals surface area contributed by atoms with Crippen LogP contribution in [0.5, 0.6) is 0 Å². The Morgan fingerprint density at radius 1 is 1.50 bits per heavy atom. The topological polar surface area (TPSA) is 37.3 Å². The van der Waals surface area contributed by atoms with Crippen molar-refractivity contribution in [1.29, 1.82) is 0 Å². The molecule has 2 nitrogen and oxygen atoms in total. The Labute approximate surface area is 58.0 Å². The summed E-state index contributed by atoms with van der Waals surface area (Å²) in [5, 5.41) is 8.40. The molecule has 0 amide bonds. The SMILES string of the molecule is O=C(O)CC12CC(F)(C1)C2. The molecule has 0 atom stereocenters. The molecule has 3 rings (SSSR count). The molecule has 0 spiro atoms. The third kappa shape index (κ3) is 0.604. The molecule has 3 aliphatic carbocycles. The third-order valence-corrected chi connectivity index (χ3v) is 2.60. The third-order valence-electron chi connectivity index (χ3n) is 2.60. The van der Waals surface area contributed by atoms with Gasteiger partial charge in [0.15, 0.2) is 0 Å². The standard InChI is InChI=1S/C7H9FO2/c8-7-2-6(3-7,4-7)1-5(9)10/h1-4H2,(H,9,10). The van der Waals surface area contributed by atoms with Gasteiger partial charge in [-0.3, -0.25) is 4.79 Å². The van der Waals surface area contributed by atoms with E-state index in [1.54, 1.807) is 0 Å². The molecule has 0 aromatic heterocycles. The van der Waals surface area contributed by atoms with Crippen molar-refractivity contribution in [1.82, 2.24) is 0 Å². The summed E-state index contributed by atoms with van der Waals surface area (Å²) >= 11 is 0. The maximum absolute atomic E-state index is 12.8. The van der Waals surface area contributed by atoms with E-state index >= 15 is 0 Å². The molecule has 1 N–H and O–H groups in total. The van der Waals surface area contributed by atoms with Crippen molar-refractivity contribution in [3.63, 3.8) is 0 Å². The predicted octanol–water partition coefficient (Wildman–Crippen LogP) is 1.35. The zero-order valence-corrected chi connectivity index (χ0v) is 5.56. The average Bonchev–Trinajstić information content (AvgIpc) is 1.56. The maximum atomic E-state index is 12.8. The van der Waals surface area contributed by atoms with E-state index in [-0.39, 0.29) is 11.8 Å².